The van der Waals surface area contributed by atoms with E-state index < -0.39 is 0 Å². The molecule has 3 heteroatoms. The summed E-state index contributed by atoms with van der Waals surface area (Å²) in [6, 6.07) is 71.0. The van der Waals surface area contributed by atoms with Crippen LogP contribution in [-0.2, 0) is 0 Å². The van der Waals surface area contributed by atoms with Crippen LogP contribution in [0.4, 0.5) is 17.1 Å². The van der Waals surface area contributed by atoms with E-state index >= 15 is 0 Å². The predicted molar refractivity (Wildman–Crippen MR) is 229 cm³/mol. The highest BCUT2D eigenvalue weighted by atomic mass is 16.3. The average molecular weight is 704 g/mol. The second-order valence-corrected chi connectivity index (χ2v) is 14.1. The molecule has 55 heavy (non-hydrogen) atoms. The Morgan fingerprint density at radius 2 is 0.873 bits per heavy atom. The summed E-state index contributed by atoms with van der Waals surface area (Å²) < 4.78 is 12.8. The van der Waals surface area contributed by atoms with Crippen molar-refractivity contribution in [1.82, 2.24) is 0 Å². The van der Waals surface area contributed by atoms with Gasteiger partial charge in [-0.2, -0.15) is 0 Å². The third-order valence-corrected chi connectivity index (χ3v) is 10.9. The van der Waals surface area contributed by atoms with Crippen molar-refractivity contribution < 1.29 is 8.83 Å². The van der Waals surface area contributed by atoms with E-state index in [9.17, 15) is 0 Å². The zero-order chi connectivity index (χ0) is 36.3. The number of anilines is 3. The van der Waals surface area contributed by atoms with E-state index in [1.807, 2.05) is 12.1 Å². The van der Waals surface area contributed by atoms with Crippen molar-refractivity contribution in [3.8, 4) is 33.4 Å². The van der Waals surface area contributed by atoms with Gasteiger partial charge < -0.3 is 13.7 Å². The van der Waals surface area contributed by atoms with E-state index in [4.69, 9.17) is 8.83 Å². The Kier molecular flexibility index (Phi) is 7.17. The number of nitrogens with zero attached hydrogens (tertiary/aromatic N) is 1. The van der Waals surface area contributed by atoms with Crippen LogP contribution >= 0.6 is 0 Å². The number of fused-ring (bicyclic) bond motifs is 8. The van der Waals surface area contributed by atoms with Gasteiger partial charge in [0.2, 0.25) is 0 Å². The molecule has 0 unspecified atom stereocenters. The maximum atomic E-state index is 6.41. The molecule has 9 aromatic carbocycles. The lowest BCUT2D eigenvalue weighted by molar-refractivity contribution is 0.670. The van der Waals surface area contributed by atoms with Gasteiger partial charge in [0, 0.05) is 49.6 Å². The summed E-state index contributed by atoms with van der Waals surface area (Å²) in [5.74, 6) is 0. The van der Waals surface area contributed by atoms with Crippen LogP contribution < -0.4 is 4.90 Å². The molecule has 2 heterocycles. The molecule has 2 aromatic heterocycles. The first kappa shape index (κ1) is 31.2. The second kappa shape index (κ2) is 12.6. The van der Waals surface area contributed by atoms with E-state index in [2.05, 4.69) is 193 Å². The third-order valence-electron chi connectivity index (χ3n) is 10.9. The molecule has 0 saturated carbocycles. The number of rotatable bonds is 6. The first-order valence-corrected chi connectivity index (χ1v) is 18.7. The van der Waals surface area contributed by atoms with Crippen molar-refractivity contribution in [2.75, 3.05) is 4.90 Å². The van der Waals surface area contributed by atoms with Crippen LogP contribution in [0.5, 0.6) is 0 Å². The Labute approximate surface area is 317 Å². The van der Waals surface area contributed by atoms with Gasteiger partial charge in [0.25, 0.3) is 0 Å². The van der Waals surface area contributed by atoms with Crippen LogP contribution in [0.3, 0.4) is 0 Å². The third kappa shape index (κ3) is 5.28. The van der Waals surface area contributed by atoms with E-state index in [0.717, 1.165) is 88.6 Å². The summed E-state index contributed by atoms with van der Waals surface area (Å²) in [6.45, 7) is 0. The lowest BCUT2D eigenvalue weighted by Gasteiger charge is -2.26. The largest absolute Gasteiger partial charge is 0.455 e. The van der Waals surface area contributed by atoms with E-state index in [0.29, 0.717) is 0 Å². The lowest BCUT2D eigenvalue weighted by atomic mass is 10.00. The van der Waals surface area contributed by atoms with Crippen LogP contribution in [0.2, 0.25) is 0 Å². The van der Waals surface area contributed by atoms with Gasteiger partial charge in [0.05, 0.1) is 0 Å². The second-order valence-electron chi connectivity index (χ2n) is 14.1. The van der Waals surface area contributed by atoms with Crippen molar-refractivity contribution in [2.45, 2.75) is 0 Å². The molecule has 258 valence electrons. The fraction of sp³-hybridized carbons (Fsp3) is 0. The van der Waals surface area contributed by atoms with Crippen LogP contribution in [0, 0.1) is 0 Å². The Morgan fingerprint density at radius 1 is 0.291 bits per heavy atom. The Morgan fingerprint density at radius 3 is 1.71 bits per heavy atom. The average Bonchev–Trinajstić information content (AvgIpc) is 3.83. The molecule has 0 aliphatic heterocycles. The maximum Gasteiger partial charge on any atom is 0.143 e. The predicted octanol–water partition coefficient (Wildman–Crippen LogP) is 15.1. The monoisotopic (exact) mass is 703 g/mol. The fourth-order valence-electron chi connectivity index (χ4n) is 8.15. The molecule has 0 saturated heterocycles. The highest BCUT2D eigenvalue weighted by molar-refractivity contribution is 6.15. The Balaban J connectivity index is 0.994. The van der Waals surface area contributed by atoms with Crippen LogP contribution in [-0.4, -0.2) is 0 Å². The van der Waals surface area contributed by atoms with Gasteiger partial charge in [-0.15, -0.1) is 0 Å². The lowest BCUT2D eigenvalue weighted by Crippen LogP contribution is -2.10. The number of furan rings is 2. The summed E-state index contributed by atoms with van der Waals surface area (Å²) in [5, 5.41) is 6.85. The molecule has 0 N–H and O–H groups in total. The van der Waals surface area contributed by atoms with E-state index in [1.54, 1.807) is 0 Å². The van der Waals surface area contributed by atoms with Gasteiger partial charge in [-0.1, -0.05) is 140 Å². The normalized spacial score (nSPS) is 11.6. The molecular weight excluding hydrogens is 671 g/mol. The minimum Gasteiger partial charge on any atom is -0.455 e. The number of hydrogen-bond donors (Lipinski definition) is 0. The topological polar surface area (TPSA) is 29.5 Å². The van der Waals surface area contributed by atoms with Gasteiger partial charge in [-0.25, -0.2) is 0 Å². The molecule has 3 nitrogen and oxygen atoms in total. The molecule has 0 aliphatic carbocycles. The summed E-state index contributed by atoms with van der Waals surface area (Å²) in [4.78, 5) is 2.33. The zero-order valence-corrected chi connectivity index (χ0v) is 29.8. The smallest absolute Gasteiger partial charge is 0.143 e. The van der Waals surface area contributed by atoms with Crippen molar-refractivity contribution >= 4 is 71.7 Å². The molecule has 11 aromatic rings. The number of para-hydroxylation sites is 2. The molecule has 0 atom stereocenters. The van der Waals surface area contributed by atoms with Gasteiger partial charge in [0.1, 0.15) is 22.3 Å². The fourth-order valence-corrected chi connectivity index (χ4v) is 8.15. The maximum absolute atomic E-state index is 6.41. The zero-order valence-electron chi connectivity index (χ0n) is 29.8. The van der Waals surface area contributed by atoms with Gasteiger partial charge >= 0.3 is 0 Å². The quantitative estimate of drug-likeness (QED) is 0.173. The van der Waals surface area contributed by atoms with Gasteiger partial charge in [-0.3, -0.25) is 0 Å². The van der Waals surface area contributed by atoms with Crippen molar-refractivity contribution in [3.63, 3.8) is 0 Å². The van der Waals surface area contributed by atoms with Crippen molar-refractivity contribution in [1.29, 1.82) is 0 Å². The molecule has 0 amide bonds. The number of benzene rings is 9. The Bertz CT molecular complexity index is 3190. The van der Waals surface area contributed by atoms with Gasteiger partial charge in [0.15, 0.2) is 0 Å². The molecule has 0 spiro atoms. The van der Waals surface area contributed by atoms with Crippen LogP contribution in [0.25, 0.3) is 88.0 Å². The molecular formula is C52H33NO2. The molecule has 0 radical (unpaired) electrons. The summed E-state index contributed by atoms with van der Waals surface area (Å²) in [7, 11) is 0. The van der Waals surface area contributed by atoms with Crippen LogP contribution in [0.1, 0.15) is 0 Å². The molecule has 0 aliphatic rings. The SMILES string of the molecule is c1ccc(-c2cccc(N(c3ccc(-c4ccc5oc6c7ccccc7ccc6c5c4)cc3)c3ccc(-c4cccc5c4oc4ccccc45)cc3)c2)cc1. The minimum absolute atomic E-state index is 0.899. The summed E-state index contributed by atoms with van der Waals surface area (Å²) in [5.41, 5.74) is 13.7. The highest BCUT2D eigenvalue weighted by Gasteiger charge is 2.17. The van der Waals surface area contributed by atoms with E-state index in [-0.39, 0.29) is 0 Å². The van der Waals surface area contributed by atoms with Crippen molar-refractivity contribution in [2.24, 2.45) is 0 Å². The first-order chi connectivity index (χ1) is 27.2. The highest BCUT2D eigenvalue weighted by Crippen LogP contribution is 2.41. The number of hydrogen-bond acceptors (Lipinski definition) is 3. The minimum atomic E-state index is 0.899. The van der Waals surface area contributed by atoms with Crippen LogP contribution in [0.15, 0.2) is 209 Å². The van der Waals surface area contributed by atoms with Crippen molar-refractivity contribution in [3.05, 3.63) is 200 Å². The van der Waals surface area contributed by atoms with E-state index in [1.165, 1.54) is 16.5 Å². The first-order valence-electron chi connectivity index (χ1n) is 18.7. The molecule has 11 rings (SSSR count). The summed E-state index contributed by atoms with van der Waals surface area (Å²) in [6.07, 6.45) is 0. The summed E-state index contributed by atoms with van der Waals surface area (Å²) >= 11 is 0. The van der Waals surface area contributed by atoms with Gasteiger partial charge in [-0.05, 0) is 93.9 Å². The molecule has 0 fully saturated rings. The Hall–Kier alpha value is -7.36. The standard InChI is InChI=1S/C52H33NO2/c1-2-10-34(11-3-1)38-13-8-14-42(32-38)53(41-28-22-37(23-29-41)44-17-9-18-46-45-16-6-7-19-49(45)54-51(44)46)40-26-20-35(21-27-40)39-25-31-50-48(33-39)47-30-24-36-12-4-5-15-43(36)52(47)55-50/h1-33H. The molecule has 0 bridgehead atoms.